The molecule has 0 aliphatic carbocycles. The Morgan fingerprint density at radius 2 is 1.88 bits per heavy atom. The number of nitrogens with zero attached hydrogens (tertiary/aromatic N) is 1. The highest BCUT2D eigenvalue weighted by Crippen LogP contribution is 2.14. The van der Waals surface area contributed by atoms with Gasteiger partial charge in [0.2, 0.25) is 10.0 Å². The Bertz CT molecular complexity index is 344. The number of hydrogen-bond donors (Lipinski definition) is 2. The molecule has 0 aromatic rings. The number of β-amino-alcohol motifs (C(OH)–C–C–N with tert-alkyl or cyclic N) is 2. The topological polar surface area (TPSA) is 104 Å². The number of sulfonamides is 1. The number of hydrogen-bond acceptors (Lipinski definition) is 6. The molecular weight excluding hydrogens is 238 g/mol. The molecule has 0 aromatic carbocycles. The highest BCUT2D eigenvalue weighted by atomic mass is 32.2. The van der Waals surface area contributed by atoms with Gasteiger partial charge in [-0.15, -0.1) is 0 Å². The number of carbonyl (C=O) groups is 1. The Kier molecular flexibility index (Phi) is 4.25. The Labute approximate surface area is 93.7 Å². The van der Waals surface area contributed by atoms with Crippen LogP contribution in [0.1, 0.15) is 6.92 Å². The maximum atomic E-state index is 11.6. The molecular formula is C8H15NO6S. The summed E-state index contributed by atoms with van der Waals surface area (Å²) >= 11 is 0. The molecule has 2 N–H and O–H groups in total. The van der Waals surface area contributed by atoms with E-state index in [1.54, 1.807) is 6.92 Å². The van der Waals surface area contributed by atoms with Crippen molar-refractivity contribution < 1.29 is 28.2 Å². The zero-order valence-electron chi connectivity index (χ0n) is 8.87. The smallest absolute Gasteiger partial charge is 0.322 e. The van der Waals surface area contributed by atoms with Crippen molar-refractivity contribution in [3.63, 3.8) is 0 Å². The van der Waals surface area contributed by atoms with Crippen LogP contribution in [0, 0.1) is 0 Å². The molecule has 0 spiro atoms. The van der Waals surface area contributed by atoms with Gasteiger partial charge in [0, 0.05) is 13.1 Å². The summed E-state index contributed by atoms with van der Waals surface area (Å²) in [6.07, 6.45) is -2.20. The van der Waals surface area contributed by atoms with Crippen molar-refractivity contribution >= 4 is 16.0 Å². The molecule has 0 aromatic heterocycles. The molecule has 0 unspecified atom stereocenters. The Morgan fingerprint density at radius 3 is 2.31 bits per heavy atom. The number of rotatable bonds is 4. The second-order valence-electron chi connectivity index (χ2n) is 3.51. The number of aliphatic hydroxyl groups excluding tert-OH is 2. The fraction of sp³-hybridized carbons (Fsp3) is 0.875. The zero-order chi connectivity index (χ0) is 12.3. The van der Waals surface area contributed by atoms with Crippen LogP contribution in [0.15, 0.2) is 0 Å². The third-order valence-corrected chi connectivity index (χ3v) is 3.91. The zero-order valence-corrected chi connectivity index (χ0v) is 9.68. The molecule has 1 fully saturated rings. The number of carbonyl (C=O) groups excluding carboxylic acids is 1. The van der Waals surface area contributed by atoms with Gasteiger partial charge in [-0.1, -0.05) is 0 Å². The molecule has 1 saturated heterocycles. The quantitative estimate of drug-likeness (QED) is 0.557. The standard InChI is InChI=1S/C8H15NO6S/c1-2-15-8(12)5-16(13,14)9-3-6(10)7(11)4-9/h6-7,10-11H,2-5H2,1H3/t6-,7+. The minimum absolute atomic E-state index is 0.111. The summed E-state index contributed by atoms with van der Waals surface area (Å²) in [6, 6.07) is 0. The highest BCUT2D eigenvalue weighted by Gasteiger charge is 2.37. The predicted molar refractivity (Wildman–Crippen MR) is 54.0 cm³/mol. The van der Waals surface area contributed by atoms with E-state index in [9.17, 15) is 23.4 Å². The summed E-state index contributed by atoms with van der Waals surface area (Å²) in [4.78, 5) is 11.0. The van der Waals surface area contributed by atoms with E-state index in [0.29, 0.717) is 0 Å². The van der Waals surface area contributed by atoms with Crippen LogP contribution in [-0.4, -0.2) is 66.6 Å². The summed E-state index contributed by atoms with van der Waals surface area (Å²) in [6.45, 7) is 1.30. The van der Waals surface area contributed by atoms with Crippen LogP contribution in [0.3, 0.4) is 0 Å². The SMILES string of the molecule is CCOC(=O)CS(=O)(=O)N1C[C@@H](O)[C@@H](O)C1. The first kappa shape index (κ1) is 13.4. The second kappa shape index (κ2) is 5.09. The van der Waals surface area contributed by atoms with E-state index in [4.69, 9.17) is 0 Å². The summed E-state index contributed by atoms with van der Waals surface area (Å²) in [5, 5.41) is 18.4. The maximum Gasteiger partial charge on any atom is 0.322 e. The molecule has 1 aliphatic heterocycles. The summed E-state index contributed by atoms with van der Waals surface area (Å²) in [5.74, 6) is -1.60. The molecule has 8 heteroatoms. The van der Waals surface area contributed by atoms with Crippen LogP contribution < -0.4 is 0 Å². The van der Waals surface area contributed by atoms with Crippen LogP contribution in [0.4, 0.5) is 0 Å². The van der Waals surface area contributed by atoms with Crippen LogP contribution in [0.2, 0.25) is 0 Å². The molecule has 1 rings (SSSR count). The Morgan fingerprint density at radius 1 is 1.38 bits per heavy atom. The van der Waals surface area contributed by atoms with Gasteiger partial charge in [-0.05, 0) is 6.92 Å². The summed E-state index contributed by atoms with van der Waals surface area (Å²) in [5.41, 5.74) is 0. The lowest BCUT2D eigenvalue weighted by Crippen LogP contribution is -2.35. The number of ether oxygens (including phenoxy) is 1. The number of esters is 1. The normalized spacial score (nSPS) is 26.9. The Balaban J connectivity index is 2.62. The van der Waals surface area contributed by atoms with Crippen LogP contribution in [0.5, 0.6) is 0 Å². The van der Waals surface area contributed by atoms with Crippen molar-refractivity contribution in [3.05, 3.63) is 0 Å². The lowest BCUT2D eigenvalue weighted by molar-refractivity contribution is -0.140. The monoisotopic (exact) mass is 253 g/mol. The molecule has 1 aliphatic rings. The van der Waals surface area contributed by atoms with E-state index in [-0.39, 0.29) is 19.7 Å². The van der Waals surface area contributed by atoms with Gasteiger partial charge in [0.25, 0.3) is 0 Å². The van der Waals surface area contributed by atoms with E-state index < -0.39 is 34.0 Å². The van der Waals surface area contributed by atoms with Crippen molar-refractivity contribution in [2.75, 3.05) is 25.4 Å². The van der Waals surface area contributed by atoms with E-state index in [1.807, 2.05) is 0 Å². The number of aliphatic hydroxyl groups is 2. The van der Waals surface area contributed by atoms with Gasteiger partial charge in [-0.2, -0.15) is 4.31 Å². The maximum absolute atomic E-state index is 11.6. The van der Waals surface area contributed by atoms with Crippen LogP contribution in [0.25, 0.3) is 0 Å². The van der Waals surface area contributed by atoms with Gasteiger partial charge < -0.3 is 14.9 Å². The van der Waals surface area contributed by atoms with E-state index >= 15 is 0 Å². The van der Waals surface area contributed by atoms with Gasteiger partial charge in [0.05, 0.1) is 18.8 Å². The van der Waals surface area contributed by atoms with Crippen molar-refractivity contribution in [1.29, 1.82) is 0 Å². The molecule has 94 valence electrons. The van der Waals surface area contributed by atoms with E-state index in [1.165, 1.54) is 0 Å². The summed E-state index contributed by atoms with van der Waals surface area (Å²) < 4.78 is 28.6. The van der Waals surface area contributed by atoms with Gasteiger partial charge in [0.15, 0.2) is 5.75 Å². The van der Waals surface area contributed by atoms with Gasteiger partial charge in [-0.3, -0.25) is 4.79 Å². The molecule has 2 atom stereocenters. The van der Waals surface area contributed by atoms with Crippen molar-refractivity contribution in [3.8, 4) is 0 Å². The third-order valence-electron chi connectivity index (χ3n) is 2.22. The second-order valence-corrected chi connectivity index (χ2v) is 5.48. The highest BCUT2D eigenvalue weighted by molar-refractivity contribution is 7.89. The minimum Gasteiger partial charge on any atom is -0.465 e. The molecule has 7 nitrogen and oxygen atoms in total. The average molecular weight is 253 g/mol. The van der Waals surface area contributed by atoms with Crippen molar-refractivity contribution in [1.82, 2.24) is 4.31 Å². The molecule has 0 radical (unpaired) electrons. The third kappa shape index (κ3) is 3.14. The van der Waals surface area contributed by atoms with Crippen molar-refractivity contribution in [2.24, 2.45) is 0 Å². The van der Waals surface area contributed by atoms with E-state index in [0.717, 1.165) is 4.31 Å². The lowest BCUT2D eigenvalue weighted by atomic mass is 10.3. The molecule has 0 bridgehead atoms. The van der Waals surface area contributed by atoms with Gasteiger partial charge in [-0.25, -0.2) is 8.42 Å². The van der Waals surface area contributed by atoms with E-state index in [2.05, 4.69) is 4.74 Å². The van der Waals surface area contributed by atoms with Gasteiger partial charge >= 0.3 is 5.97 Å². The van der Waals surface area contributed by atoms with Gasteiger partial charge in [0.1, 0.15) is 0 Å². The Hall–Kier alpha value is -0.700. The van der Waals surface area contributed by atoms with Crippen LogP contribution >= 0.6 is 0 Å². The first-order valence-electron chi connectivity index (χ1n) is 4.86. The predicted octanol–water partition coefficient (Wildman–Crippen LogP) is -2.08. The minimum atomic E-state index is -3.81. The molecule has 0 amide bonds. The molecule has 1 heterocycles. The first-order chi connectivity index (χ1) is 7.36. The first-order valence-corrected chi connectivity index (χ1v) is 6.47. The van der Waals surface area contributed by atoms with Crippen LogP contribution in [-0.2, 0) is 19.6 Å². The molecule has 0 saturated carbocycles. The fourth-order valence-electron chi connectivity index (χ4n) is 1.41. The fourth-order valence-corrected chi connectivity index (χ4v) is 2.73. The lowest BCUT2D eigenvalue weighted by Gasteiger charge is -2.14. The molecule has 16 heavy (non-hydrogen) atoms. The largest absolute Gasteiger partial charge is 0.465 e. The summed E-state index contributed by atoms with van der Waals surface area (Å²) in [7, 11) is -3.81. The average Bonchev–Trinajstić information content (AvgIpc) is 2.47. The van der Waals surface area contributed by atoms with Crippen molar-refractivity contribution in [2.45, 2.75) is 19.1 Å².